The van der Waals surface area contributed by atoms with Crippen molar-refractivity contribution in [3.8, 4) is 0 Å². The van der Waals surface area contributed by atoms with Gasteiger partial charge in [0.1, 0.15) is 0 Å². The summed E-state index contributed by atoms with van der Waals surface area (Å²) < 4.78 is 0. The lowest BCUT2D eigenvalue weighted by Crippen LogP contribution is -2.23. The number of thiophene rings is 1. The third kappa shape index (κ3) is 2.57. The van der Waals surface area contributed by atoms with Gasteiger partial charge in [0.25, 0.3) is 0 Å². The van der Waals surface area contributed by atoms with E-state index in [1.165, 1.54) is 4.88 Å². The Morgan fingerprint density at radius 3 is 2.92 bits per heavy atom. The largest absolute Gasteiger partial charge is 0.298 e. The predicted molar refractivity (Wildman–Crippen MR) is 59.2 cm³/mol. The van der Waals surface area contributed by atoms with Crippen LogP contribution in [0.5, 0.6) is 0 Å². The average molecular weight is 248 g/mol. The summed E-state index contributed by atoms with van der Waals surface area (Å²) in [6.07, 6.45) is 0. The molecule has 0 saturated carbocycles. The van der Waals surface area contributed by atoms with E-state index in [1.807, 2.05) is 11.3 Å². The van der Waals surface area contributed by atoms with E-state index < -0.39 is 0 Å². The minimum Gasteiger partial charge on any atom is -0.298 e. The maximum Gasteiger partial charge on any atom is 0.0410 e. The van der Waals surface area contributed by atoms with Crippen LogP contribution in [-0.2, 0) is 0 Å². The molecule has 12 heavy (non-hydrogen) atoms. The lowest BCUT2D eigenvalue weighted by molar-refractivity contribution is 0.282. The Hall–Kier alpha value is 0.140. The van der Waals surface area contributed by atoms with Crippen LogP contribution in [0, 0.1) is 0 Å². The number of rotatable bonds is 4. The highest BCUT2D eigenvalue weighted by atomic mass is 79.9. The fourth-order valence-corrected chi connectivity index (χ4v) is 2.48. The zero-order valence-electron chi connectivity index (χ0n) is 7.46. The van der Waals surface area contributed by atoms with Gasteiger partial charge in [-0.15, -0.1) is 11.3 Å². The van der Waals surface area contributed by atoms with Crippen LogP contribution in [0.15, 0.2) is 17.5 Å². The van der Waals surface area contributed by atoms with Gasteiger partial charge in [-0.25, -0.2) is 0 Å². The molecule has 0 fully saturated rings. The summed E-state index contributed by atoms with van der Waals surface area (Å²) in [4.78, 5) is 3.79. The molecule has 0 bridgehead atoms. The molecule has 0 aromatic carbocycles. The number of hydrogen-bond acceptors (Lipinski definition) is 2. The highest BCUT2D eigenvalue weighted by Crippen LogP contribution is 2.22. The topological polar surface area (TPSA) is 3.24 Å². The Labute approximate surface area is 86.5 Å². The van der Waals surface area contributed by atoms with Crippen LogP contribution >= 0.6 is 27.3 Å². The maximum absolute atomic E-state index is 3.44. The molecule has 1 heterocycles. The van der Waals surface area contributed by atoms with E-state index in [4.69, 9.17) is 0 Å². The molecule has 1 nitrogen and oxygen atoms in total. The molecule has 3 heteroatoms. The van der Waals surface area contributed by atoms with E-state index in [-0.39, 0.29) is 0 Å². The van der Waals surface area contributed by atoms with Crippen molar-refractivity contribution in [1.82, 2.24) is 4.90 Å². The van der Waals surface area contributed by atoms with Crippen molar-refractivity contribution in [1.29, 1.82) is 0 Å². The van der Waals surface area contributed by atoms with Crippen LogP contribution < -0.4 is 0 Å². The van der Waals surface area contributed by atoms with Crippen LogP contribution in [-0.4, -0.2) is 23.8 Å². The fourth-order valence-electron chi connectivity index (χ4n) is 1.07. The van der Waals surface area contributed by atoms with Crippen LogP contribution in [0.4, 0.5) is 0 Å². The molecule has 0 aliphatic heterocycles. The van der Waals surface area contributed by atoms with Gasteiger partial charge < -0.3 is 0 Å². The molecule has 0 amide bonds. The summed E-state index contributed by atoms with van der Waals surface area (Å²) >= 11 is 5.27. The predicted octanol–water partition coefficient (Wildman–Crippen LogP) is 3.14. The third-order valence-corrected chi connectivity index (χ3v) is 3.45. The molecule has 0 radical (unpaired) electrons. The lowest BCUT2D eigenvalue weighted by Gasteiger charge is -2.22. The van der Waals surface area contributed by atoms with Crippen LogP contribution in [0.3, 0.4) is 0 Å². The Morgan fingerprint density at radius 2 is 2.42 bits per heavy atom. The fraction of sp³-hybridized carbons (Fsp3) is 0.556. The van der Waals surface area contributed by atoms with Crippen molar-refractivity contribution in [2.45, 2.75) is 13.0 Å². The summed E-state index contributed by atoms with van der Waals surface area (Å²) in [5, 5.41) is 3.17. The highest BCUT2D eigenvalue weighted by molar-refractivity contribution is 9.09. The smallest absolute Gasteiger partial charge is 0.0410 e. The van der Waals surface area contributed by atoms with Gasteiger partial charge >= 0.3 is 0 Å². The average Bonchev–Trinajstić information content (AvgIpc) is 2.55. The molecule has 0 aliphatic carbocycles. The van der Waals surface area contributed by atoms with E-state index in [0.29, 0.717) is 6.04 Å². The summed E-state index contributed by atoms with van der Waals surface area (Å²) in [5.74, 6) is 0. The molecule has 1 atom stereocenters. The van der Waals surface area contributed by atoms with Gasteiger partial charge in [0, 0.05) is 22.8 Å². The van der Waals surface area contributed by atoms with Crippen LogP contribution in [0.25, 0.3) is 0 Å². The Bertz CT molecular complexity index is 210. The molecule has 1 rings (SSSR count). The summed E-state index contributed by atoms with van der Waals surface area (Å²) in [6, 6.07) is 4.85. The van der Waals surface area contributed by atoms with Crippen LogP contribution in [0.1, 0.15) is 17.8 Å². The van der Waals surface area contributed by atoms with Crippen molar-refractivity contribution in [3.63, 3.8) is 0 Å². The van der Waals surface area contributed by atoms with Crippen molar-refractivity contribution in [2.24, 2.45) is 0 Å². The standard InChI is InChI=1S/C9H14BrNS/c1-8(11(2)6-5-10)9-4-3-7-12-9/h3-4,7-8H,5-6H2,1-2H3. The molecule has 68 valence electrons. The first kappa shape index (κ1) is 10.2. The summed E-state index contributed by atoms with van der Waals surface area (Å²) in [6.45, 7) is 3.34. The van der Waals surface area contributed by atoms with E-state index >= 15 is 0 Å². The van der Waals surface area contributed by atoms with Gasteiger partial charge in [0.15, 0.2) is 0 Å². The first-order valence-corrected chi connectivity index (χ1v) is 6.05. The zero-order chi connectivity index (χ0) is 8.97. The van der Waals surface area contributed by atoms with E-state index in [0.717, 1.165) is 11.9 Å². The number of alkyl halides is 1. The first-order chi connectivity index (χ1) is 5.75. The second kappa shape index (κ2) is 5.00. The molecule has 0 saturated heterocycles. The molecule has 1 aromatic rings. The zero-order valence-corrected chi connectivity index (χ0v) is 9.86. The van der Waals surface area contributed by atoms with Gasteiger partial charge in [-0.2, -0.15) is 0 Å². The Morgan fingerprint density at radius 1 is 1.67 bits per heavy atom. The van der Waals surface area contributed by atoms with Crippen LogP contribution in [0.2, 0.25) is 0 Å². The van der Waals surface area contributed by atoms with Gasteiger partial charge in [-0.05, 0) is 25.4 Å². The van der Waals surface area contributed by atoms with Crippen molar-refractivity contribution >= 4 is 27.3 Å². The van der Waals surface area contributed by atoms with E-state index in [9.17, 15) is 0 Å². The van der Waals surface area contributed by atoms with Gasteiger partial charge in [0.2, 0.25) is 0 Å². The van der Waals surface area contributed by atoms with Gasteiger partial charge in [-0.3, -0.25) is 4.90 Å². The lowest BCUT2D eigenvalue weighted by atomic mass is 10.2. The number of nitrogens with zero attached hydrogens (tertiary/aromatic N) is 1. The molecular formula is C9H14BrNS. The van der Waals surface area contributed by atoms with E-state index in [1.54, 1.807) is 0 Å². The molecule has 0 N–H and O–H groups in total. The maximum atomic E-state index is 3.44. The molecule has 0 aliphatic rings. The highest BCUT2D eigenvalue weighted by Gasteiger charge is 2.10. The van der Waals surface area contributed by atoms with E-state index in [2.05, 4.69) is 52.3 Å². The van der Waals surface area contributed by atoms with Gasteiger partial charge in [0.05, 0.1) is 0 Å². The molecular weight excluding hydrogens is 234 g/mol. The van der Waals surface area contributed by atoms with Crippen molar-refractivity contribution in [3.05, 3.63) is 22.4 Å². The minimum absolute atomic E-state index is 0.544. The Balaban J connectivity index is 2.53. The second-order valence-corrected chi connectivity index (χ2v) is 4.63. The molecule has 1 unspecified atom stereocenters. The monoisotopic (exact) mass is 247 g/mol. The SMILES string of the molecule is CC(c1cccs1)N(C)CCBr. The normalized spacial score (nSPS) is 13.7. The second-order valence-electron chi connectivity index (χ2n) is 2.86. The van der Waals surface area contributed by atoms with Crippen molar-refractivity contribution < 1.29 is 0 Å². The number of halogens is 1. The summed E-state index contributed by atoms with van der Waals surface area (Å²) in [5.41, 5.74) is 0. The Kier molecular flexibility index (Phi) is 4.26. The summed E-state index contributed by atoms with van der Waals surface area (Å²) in [7, 11) is 2.16. The first-order valence-electron chi connectivity index (χ1n) is 4.05. The minimum atomic E-state index is 0.544. The third-order valence-electron chi connectivity index (χ3n) is 2.05. The molecule has 1 aromatic heterocycles. The quantitative estimate of drug-likeness (QED) is 0.740. The van der Waals surface area contributed by atoms with Crippen molar-refractivity contribution in [2.75, 3.05) is 18.9 Å². The number of hydrogen-bond donors (Lipinski definition) is 0. The molecule has 0 spiro atoms. The van der Waals surface area contributed by atoms with Gasteiger partial charge in [-0.1, -0.05) is 22.0 Å².